The molecule has 0 aliphatic rings. The number of hydrogen-bond acceptors (Lipinski definition) is 3. The van der Waals surface area contributed by atoms with Gasteiger partial charge in [0, 0.05) is 23.9 Å². The number of nitrogens with one attached hydrogen (secondary N) is 1. The molecule has 1 aromatic carbocycles. The van der Waals surface area contributed by atoms with E-state index < -0.39 is 0 Å². The predicted molar refractivity (Wildman–Crippen MR) is 93.1 cm³/mol. The number of nitrogens with zero attached hydrogens (tertiary/aromatic N) is 1. The largest absolute Gasteiger partial charge is 0.356 e. The van der Waals surface area contributed by atoms with Crippen molar-refractivity contribution < 1.29 is 4.79 Å². The highest BCUT2D eigenvalue weighted by atomic mass is 32.1. The van der Waals surface area contributed by atoms with Crippen molar-refractivity contribution in [2.75, 3.05) is 6.54 Å². The first kappa shape index (κ1) is 16.7. The summed E-state index contributed by atoms with van der Waals surface area (Å²) in [6.45, 7) is 6.99. The molecule has 0 spiro atoms. The standard InChI is InChI=1S/C18H24N2OS/c1-13(2)4-9-18(21)19-11-10-15-5-7-16(8-6-15)17-12-22-14(3)20-17/h5-8,12-13H,4,9-11H2,1-3H3,(H,19,21). The van der Waals surface area contributed by atoms with E-state index >= 15 is 0 Å². The van der Waals surface area contributed by atoms with E-state index in [1.54, 1.807) is 11.3 Å². The third-order valence-corrected chi connectivity index (χ3v) is 4.33. The molecule has 1 aromatic heterocycles. The van der Waals surface area contributed by atoms with E-state index in [9.17, 15) is 4.79 Å². The Morgan fingerprint density at radius 3 is 2.59 bits per heavy atom. The summed E-state index contributed by atoms with van der Waals surface area (Å²) in [6, 6.07) is 8.43. The third-order valence-electron chi connectivity index (χ3n) is 3.55. The molecule has 2 aromatic rings. The zero-order valence-electron chi connectivity index (χ0n) is 13.6. The molecule has 118 valence electrons. The van der Waals surface area contributed by atoms with Crippen LogP contribution in [0.5, 0.6) is 0 Å². The molecular weight excluding hydrogens is 292 g/mol. The minimum atomic E-state index is 0.156. The molecular formula is C18H24N2OS. The van der Waals surface area contributed by atoms with Crippen LogP contribution in [0.15, 0.2) is 29.6 Å². The van der Waals surface area contributed by atoms with Crippen LogP contribution in [0.25, 0.3) is 11.3 Å². The maximum absolute atomic E-state index is 11.7. The lowest BCUT2D eigenvalue weighted by atomic mass is 10.1. The highest BCUT2D eigenvalue weighted by Gasteiger charge is 2.04. The fraction of sp³-hybridized carbons (Fsp3) is 0.444. The van der Waals surface area contributed by atoms with E-state index in [-0.39, 0.29) is 5.91 Å². The van der Waals surface area contributed by atoms with Gasteiger partial charge in [0.2, 0.25) is 5.91 Å². The van der Waals surface area contributed by atoms with Crippen LogP contribution in [0, 0.1) is 12.8 Å². The van der Waals surface area contributed by atoms with Crippen molar-refractivity contribution >= 4 is 17.2 Å². The van der Waals surface area contributed by atoms with Crippen molar-refractivity contribution in [1.29, 1.82) is 0 Å². The van der Waals surface area contributed by atoms with Gasteiger partial charge in [0.15, 0.2) is 0 Å². The minimum absolute atomic E-state index is 0.156. The lowest BCUT2D eigenvalue weighted by molar-refractivity contribution is -0.121. The molecule has 1 N–H and O–H groups in total. The molecule has 0 aliphatic carbocycles. The number of hydrogen-bond donors (Lipinski definition) is 1. The number of thiazole rings is 1. The minimum Gasteiger partial charge on any atom is -0.356 e. The van der Waals surface area contributed by atoms with Crippen LogP contribution in [0.3, 0.4) is 0 Å². The Morgan fingerprint density at radius 1 is 1.27 bits per heavy atom. The van der Waals surface area contributed by atoms with Crippen LogP contribution in [0.2, 0.25) is 0 Å². The first-order valence-electron chi connectivity index (χ1n) is 7.82. The van der Waals surface area contributed by atoms with Gasteiger partial charge in [-0.25, -0.2) is 4.98 Å². The summed E-state index contributed by atoms with van der Waals surface area (Å²) < 4.78 is 0. The van der Waals surface area contributed by atoms with E-state index in [2.05, 4.69) is 53.8 Å². The second-order valence-corrected chi connectivity index (χ2v) is 7.04. The van der Waals surface area contributed by atoms with Crippen LogP contribution in [0.4, 0.5) is 0 Å². The highest BCUT2D eigenvalue weighted by molar-refractivity contribution is 7.09. The Kier molecular flexibility index (Phi) is 6.13. The first-order valence-corrected chi connectivity index (χ1v) is 8.70. The van der Waals surface area contributed by atoms with Crippen molar-refractivity contribution in [3.05, 3.63) is 40.2 Å². The maximum Gasteiger partial charge on any atom is 0.220 e. The number of benzene rings is 1. The molecule has 0 aliphatic heterocycles. The maximum atomic E-state index is 11.7. The van der Waals surface area contributed by atoms with Gasteiger partial charge < -0.3 is 5.32 Å². The van der Waals surface area contributed by atoms with Gasteiger partial charge in [0.05, 0.1) is 10.7 Å². The quantitative estimate of drug-likeness (QED) is 0.831. The van der Waals surface area contributed by atoms with E-state index in [0.717, 1.165) is 29.1 Å². The normalized spacial score (nSPS) is 10.9. The zero-order chi connectivity index (χ0) is 15.9. The summed E-state index contributed by atoms with van der Waals surface area (Å²) in [4.78, 5) is 16.2. The summed E-state index contributed by atoms with van der Waals surface area (Å²) in [5, 5.41) is 6.16. The second kappa shape index (κ2) is 8.08. The Labute approximate surface area is 136 Å². The lowest BCUT2D eigenvalue weighted by Crippen LogP contribution is -2.25. The number of aromatic nitrogens is 1. The molecule has 0 saturated heterocycles. The topological polar surface area (TPSA) is 42.0 Å². The van der Waals surface area contributed by atoms with Crippen LogP contribution in [-0.4, -0.2) is 17.4 Å². The SMILES string of the molecule is Cc1nc(-c2ccc(CCNC(=O)CCC(C)C)cc2)cs1. The summed E-state index contributed by atoms with van der Waals surface area (Å²) in [6.07, 6.45) is 2.44. The fourth-order valence-corrected chi connectivity index (χ4v) is 2.81. The molecule has 4 heteroatoms. The monoisotopic (exact) mass is 316 g/mol. The number of aryl methyl sites for hydroxylation is 1. The van der Waals surface area contributed by atoms with Crippen molar-refractivity contribution in [3.63, 3.8) is 0 Å². The van der Waals surface area contributed by atoms with Gasteiger partial charge in [-0.2, -0.15) is 0 Å². The molecule has 0 fully saturated rings. The van der Waals surface area contributed by atoms with Gasteiger partial charge in [-0.05, 0) is 31.2 Å². The van der Waals surface area contributed by atoms with Crippen LogP contribution < -0.4 is 5.32 Å². The Morgan fingerprint density at radius 2 is 2.00 bits per heavy atom. The second-order valence-electron chi connectivity index (χ2n) is 5.98. The van der Waals surface area contributed by atoms with Gasteiger partial charge in [-0.3, -0.25) is 4.79 Å². The average Bonchev–Trinajstić information content (AvgIpc) is 2.92. The average molecular weight is 316 g/mol. The molecule has 0 radical (unpaired) electrons. The molecule has 0 bridgehead atoms. The van der Waals surface area contributed by atoms with Gasteiger partial charge in [-0.1, -0.05) is 38.1 Å². The molecule has 1 amide bonds. The van der Waals surface area contributed by atoms with Gasteiger partial charge >= 0.3 is 0 Å². The van der Waals surface area contributed by atoms with E-state index in [4.69, 9.17) is 0 Å². The smallest absolute Gasteiger partial charge is 0.220 e. The van der Waals surface area contributed by atoms with Gasteiger partial charge in [0.25, 0.3) is 0 Å². The van der Waals surface area contributed by atoms with Crippen molar-refractivity contribution in [3.8, 4) is 11.3 Å². The summed E-state index contributed by atoms with van der Waals surface area (Å²) in [7, 11) is 0. The molecule has 2 rings (SSSR count). The summed E-state index contributed by atoms with van der Waals surface area (Å²) in [5.74, 6) is 0.732. The van der Waals surface area contributed by atoms with E-state index in [1.165, 1.54) is 5.56 Å². The van der Waals surface area contributed by atoms with Crippen molar-refractivity contribution in [1.82, 2.24) is 10.3 Å². The fourth-order valence-electron chi connectivity index (χ4n) is 2.19. The summed E-state index contributed by atoms with van der Waals surface area (Å²) in [5.41, 5.74) is 3.42. The Hall–Kier alpha value is -1.68. The molecule has 0 atom stereocenters. The van der Waals surface area contributed by atoms with Gasteiger partial charge in [0.1, 0.15) is 0 Å². The first-order chi connectivity index (χ1) is 10.5. The molecule has 0 unspecified atom stereocenters. The van der Waals surface area contributed by atoms with E-state index in [0.29, 0.717) is 18.9 Å². The van der Waals surface area contributed by atoms with E-state index in [1.807, 2.05) is 6.92 Å². The highest BCUT2D eigenvalue weighted by Crippen LogP contribution is 2.21. The predicted octanol–water partition coefficient (Wildman–Crippen LogP) is 4.21. The van der Waals surface area contributed by atoms with Crippen molar-refractivity contribution in [2.45, 2.75) is 40.0 Å². The Balaban J connectivity index is 1.78. The zero-order valence-corrected chi connectivity index (χ0v) is 14.4. The lowest BCUT2D eigenvalue weighted by Gasteiger charge is -2.07. The molecule has 0 saturated carbocycles. The molecule has 3 nitrogen and oxygen atoms in total. The van der Waals surface area contributed by atoms with Crippen molar-refractivity contribution in [2.24, 2.45) is 5.92 Å². The number of rotatable bonds is 7. The molecule has 22 heavy (non-hydrogen) atoms. The van der Waals surface area contributed by atoms with Gasteiger partial charge in [-0.15, -0.1) is 11.3 Å². The van der Waals surface area contributed by atoms with Crippen LogP contribution in [0.1, 0.15) is 37.3 Å². The third kappa shape index (κ3) is 5.26. The molecule has 1 heterocycles. The Bertz CT molecular complexity index is 602. The van der Waals surface area contributed by atoms with Crippen LogP contribution in [-0.2, 0) is 11.2 Å². The number of amides is 1. The summed E-state index contributed by atoms with van der Waals surface area (Å²) >= 11 is 1.67. The number of carbonyl (C=O) groups is 1. The number of carbonyl (C=O) groups excluding carboxylic acids is 1. The van der Waals surface area contributed by atoms with Crippen LogP contribution >= 0.6 is 11.3 Å².